The van der Waals surface area contributed by atoms with E-state index in [0.717, 1.165) is 12.1 Å². The molecule has 2 aromatic rings. The highest BCUT2D eigenvalue weighted by Crippen LogP contribution is 2.19. The van der Waals surface area contributed by atoms with Crippen LogP contribution in [0.3, 0.4) is 0 Å². The Bertz CT molecular complexity index is 572. The maximum absolute atomic E-state index is 13.0. The standard InChI is InChI=1S/C11H8ClF2N3O/c12-8-4-10(14)9(13)3-7(8)11(18)15-5-6-1-2-16-17-6/h1-4H,5H2,(H,15,18)(H,16,17). The lowest BCUT2D eigenvalue weighted by Gasteiger charge is -2.06. The molecule has 0 atom stereocenters. The number of benzene rings is 1. The maximum atomic E-state index is 13.0. The molecule has 0 fully saturated rings. The first-order valence-corrected chi connectivity index (χ1v) is 5.36. The lowest BCUT2D eigenvalue weighted by atomic mass is 10.2. The van der Waals surface area contributed by atoms with E-state index in [4.69, 9.17) is 11.6 Å². The first-order chi connectivity index (χ1) is 8.58. The van der Waals surface area contributed by atoms with Gasteiger partial charge in [0, 0.05) is 6.20 Å². The molecule has 94 valence electrons. The molecular weight excluding hydrogens is 264 g/mol. The summed E-state index contributed by atoms with van der Waals surface area (Å²) in [6, 6.07) is 3.20. The summed E-state index contributed by atoms with van der Waals surface area (Å²) in [6.45, 7) is 0.189. The van der Waals surface area contributed by atoms with Gasteiger partial charge in [0.1, 0.15) is 0 Å². The van der Waals surface area contributed by atoms with E-state index in [-0.39, 0.29) is 17.1 Å². The quantitative estimate of drug-likeness (QED) is 0.842. The van der Waals surface area contributed by atoms with Crippen LogP contribution >= 0.6 is 11.6 Å². The largest absolute Gasteiger partial charge is 0.346 e. The molecule has 0 aliphatic heterocycles. The molecule has 18 heavy (non-hydrogen) atoms. The highest BCUT2D eigenvalue weighted by Gasteiger charge is 2.14. The number of carbonyl (C=O) groups excluding carboxylic acids is 1. The normalized spacial score (nSPS) is 10.4. The fourth-order valence-corrected chi connectivity index (χ4v) is 1.59. The molecule has 0 radical (unpaired) electrons. The molecule has 7 heteroatoms. The van der Waals surface area contributed by atoms with Crippen LogP contribution in [0.5, 0.6) is 0 Å². The van der Waals surface area contributed by atoms with Gasteiger partial charge >= 0.3 is 0 Å². The maximum Gasteiger partial charge on any atom is 0.253 e. The number of hydrogen-bond acceptors (Lipinski definition) is 2. The average molecular weight is 272 g/mol. The molecule has 1 amide bonds. The second kappa shape index (κ2) is 5.14. The Morgan fingerprint density at radius 3 is 2.78 bits per heavy atom. The van der Waals surface area contributed by atoms with Crippen molar-refractivity contribution >= 4 is 17.5 Å². The summed E-state index contributed by atoms with van der Waals surface area (Å²) >= 11 is 5.67. The van der Waals surface area contributed by atoms with Crippen LogP contribution in [0.2, 0.25) is 5.02 Å². The van der Waals surface area contributed by atoms with E-state index >= 15 is 0 Å². The van der Waals surface area contributed by atoms with E-state index in [9.17, 15) is 13.6 Å². The van der Waals surface area contributed by atoms with Crippen LogP contribution in [0.4, 0.5) is 8.78 Å². The van der Waals surface area contributed by atoms with Gasteiger partial charge in [0.05, 0.1) is 22.8 Å². The summed E-state index contributed by atoms with van der Waals surface area (Å²) in [6.07, 6.45) is 1.53. The monoisotopic (exact) mass is 271 g/mol. The topological polar surface area (TPSA) is 57.8 Å². The Morgan fingerprint density at radius 2 is 2.11 bits per heavy atom. The SMILES string of the molecule is O=C(NCc1ccn[nH]1)c1cc(F)c(F)cc1Cl. The fraction of sp³-hybridized carbons (Fsp3) is 0.0909. The Labute approximate surface area is 106 Å². The molecule has 2 rings (SSSR count). The summed E-state index contributed by atoms with van der Waals surface area (Å²) in [4.78, 5) is 11.7. The van der Waals surface area contributed by atoms with E-state index < -0.39 is 17.5 Å². The number of nitrogens with one attached hydrogen (secondary N) is 2. The predicted octanol–water partition coefficient (Wildman–Crippen LogP) is 2.27. The number of carbonyl (C=O) groups is 1. The van der Waals surface area contributed by atoms with Gasteiger partial charge in [-0.15, -0.1) is 0 Å². The van der Waals surface area contributed by atoms with Crippen LogP contribution in [0.25, 0.3) is 0 Å². The molecule has 0 spiro atoms. The Hall–Kier alpha value is -1.95. The third-order valence-electron chi connectivity index (χ3n) is 2.25. The van der Waals surface area contributed by atoms with Gasteiger partial charge in [-0.1, -0.05) is 11.6 Å². The van der Waals surface area contributed by atoms with Gasteiger partial charge in [-0.05, 0) is 18.2 Å². The number of rotatable bonds is 3. The lowest BCUT2D eigenvalue weighted by Crippen LogP contribution is -2.23. The summed E-state index contributed by atoms with van der Waals surface area (Å²) in [5.74, 6) is -2.80. The Balaban J connectivity index is 2.11. The zero-order valence-corrected chi connectivity index (χ0v) is 9.76. The molecule has 0 saturated heterocycles. The van der Waals surface area contributed by atoms with Crippen molar-refractivity contribution in [2.45, 2.75) is 6.54 Å². The third kappa shape index (κ3) is 2.65. The number of H-pyrrole nitrogens is 1. The zero-order valence-electron chi connectivity index (χ0n) is 9.01. The molecule has 0 saturated carbocycles. The second-order valence-corrected chi connectivity index (χ2v) is 3.92. The average Bonchev–Trinajstić information content (AvgIpc) is 2.84. The van der Waals surface area contributed by atoms with Gasteiger partial charge in [-0.3, -0.25) is 9.89 Å². The molecule has 1 aromatic carbocycles. The van der Waals surface area contributed by atoms with Gasteiger partial charge in [0.2, 0.25) is 0 Å². The molecule has 0 bridgehead atoms. The molecule has 2 N–H and O–H groups in total. The van der Waals surface area contributed by atoms with Crippen molar-refractivity contribution in [3.8, 4) is 0 Å². The number of aromatic amines is 1. The van der Waals surface area contributed by atoms with Crippen molar-refractivity contribution in [3.05, 3.63) is 52.3 Å². The fourth-order valence-electron chi connectivity index (χ4n) is 1.35. The van der Waals surface area contributed by atoms with Gasteiger partial charge in [0.25, 0.3) is 5.91 Å². The second-order valence-electron chi connectivity index (χ2n) is 3.51. The Morgan fingerprint density at radius 1 is 1.39 bits per heavy atom. The molecule has 0 unspecified atom stereocenters. The minimum absolute atomic E-state index is 0.116. The molecule has 1 aromatic heterocycles. The predicted molar refractivity (Wildman–Crippen MR) is 61.1 cm³/mol. The first-order valence-electron chi connectivity index (χ1n) is 4.99. The summed E-state index contributed by atoms with van der Waals surface area (Å²) in [7, 11) is 0. The van der Waals surface area contributed by atoms with Crippen LogP contribution < -0.4 is 5.32 Å². The number of amides is 1. The molecule has 0 aliphatic rings. The zero-order chi connectivity index (χ0) is 13.1. The lowest BCUT2D eigenvalue weighted by molar-refractivity contribution is 0.0950. The van der Waals surface area contributed by atoms with Crippen LogP contribution in [0.1, 0.15) is 16.1 Å². The van der Waals surface area contributed by atoms with Gasteiger partial charge < -0.3 is 5.32 Å². The van der Waals surface area contributed by atoms with Crippen LogP contribution in [-0.2, 0) is 6.54 Å². The molecule has 1 heterocycles. The van der Waals surface area contributed by atoms with E-state index in [0.29, 0.717) is 5.69 Å². The number of nitrogens with zero attached hydrogens (tertiary/aromatic N) is 1. The van der Waals surface area contributed by atoms with Crippen molar-refractivity contribution in [1.82, 2.24) is 15.5 Å². The first kappa shape index (κ1) is 12.5. The Kier molecular flexibility index (Phi) is 3.57. The molecule has 4 nitrogen and oxygen atoms in total. The van der Waals surface area contributed by atoms with Crippen LogP contribution in [-0.4, -0.2) is 16.1 Å². The van der Waals surface area contributed by atoms with Gasteiger partial charge in [-0.2, -0.15) is 5.10 Å². The number of halogens is 3. The minimum Gasteiger partial charge on any atom is -0.346 e. The molecular formula is C11H8ClF2N3O. The van der Waals surface area contributed by atoms with Crippen molar-refractivity contribution in [2.24, 2.45) is 0 Å². The smallest absolute Gasteiger partial charge is 0.253 e. The van der Waals surface area contributed by atoms with Crippen molar-refractivity contribution in [3.63, 3.8) is 0 Å². The van der Waals surface area contributed by atoms with Crippen LogP contribution in [0, 0.1) is 11.6 Å². The van der Waals surface area contributed by atoms with Crippen molar-refractivity contribution < 1.29 is 13.6 Å². The highest BCUT2D eigenvalue weighted by molar-refractivity contribution is 6.33. The number of aromatic nitrogens is 2. The molecule has 0 aliphatic carbocycles. The summed E-state index contributed by atoms with van der Waals surface area (Å²) in [5, 5.41) is 8.71. The van der Waals surface area contributed by atoms with Gasteiger partial charge in [0.15, 0.2) is 11.6 Å². The summed E-state index contributed by atoms with van der Waals surface area (Å²) < 4.78 is 25.8. The van der Waals surface area contributed by atoms with Crippen molar-refractivity contribution in [1.29, 1.82) is 0 Å². The van der Waals surface area contributed by atoms with Crippen molar-refractivity contribution in [2.75, 3.05) is 0 Å². The van der Waals surface area contributed by atoms with E-state index in [2.05, 4.69) is 15.5 Å². The van der Waals surface area contributed by atoms with Gasteiger partial charge in [-0.25, -0.2) is 8.78 Å². The highest BCUT2D eigenvalue weighted by atomic mass is 35.5. The van der Waals surface area contributed by atoms with Crippen LogP contribution in [0.15, 0.2) is 24.4 Å². The number of hydrogen-bond donors (Lipinski definition) is 2. The summed E-state index contributed by atoms with van der Waals surface area (Å²) in [5.41, 5.74) is 0.567. The minimum atomic E-state index is -1.12. The van der Waals surface area contributed by atoms with E-state index in [1.165, 1.54) is 6.20 Å². The van der Waals surface area contributed by atoms with E-state index in [1.807, 2.05) is 0 Å². The van der Waals surface area contributed by atoms with E-state index in [1.54, 1.807) is 6.07 Å². The third-order valence-corrected chi connectivity index (χ3v) is 2.57.